The monoisotopic (exact) mass is 291 g/mol. The number of hydrogen-bond donors (Lipinski definition) is 1. The van der Waals surface area contributed by atoms with E-state index < -0.39 is 0 Å². The van der Waals surface area contributed by atoms with Crippen LogP contribution in [0, 0.1) is 0 Å². The van der Waals surface area contributed by atoms with Gasteiger partial charge in [-0.05, 0) is 12.8 Å². The number of unbranched alkanes of at least 4 members (excludes halogenated alkanes) is 9. The van der Waals surface area contributed by atoms with Crippen LogP contribution in [0.1, 0.15) is 77.6 Å². The van der Waals surface area contributed by atoms with Gasteiger partial charge in [-0.1, -0.05) is 64.7 Å². The van der Waals surface area contributed by atoms with Crippen molar-refractivity contribution in [3.05, 3.63) is 0 Å². The van der Waals surface area contributed by atoms with Crippen molar-refractivity contribution in [1.29, 1.82) is 0 Å². The topological polar surface area (TPSA) is 35.8 Å². The van der Waals surface area contributed by atoms with Gasteiger partial charge in [0, 0.05) is 6.54 Å². The Morgan fingerprint density at radius 1 is 1.00 bits per heavy atom. The summed E-state index contributed by atoms with van der Waals surface area (Å²) in [6.45, 7) is 4.00. The minimum Gasteiger partial charge on any atom is -0.374 e. The van der Waals surface area contributed by atoms with Crippen LogP contribution in [0.5, 0.6) is 0 Å². The molecule has 0 saturated heterocycles. The molecule has 1 unspecified atom stereocenters. The zero-order valence-corrected chi connectivity index (χ0v) is 15.7. The van der Waals surface area contributed by atoms with Gasteiger partial charge in [0.2, 0.25) is 0 Å². The fourth-order valence-corrected chi connectivity index (χ4v) is 2.60. The van der Waals surface area contributed by atoms with Crippen LogP contribution >= 0.6 is 0 Å². The fourth-order valence-electron chi connectivity index (χ4n) is 2.60. The van der Waals surface area contributed by atoms with Gasteiger partial charge < -0.3 is 10.0 Å². The maximum atomic E-state index is 9.91. The Labute approximate surface area is 147 Å². The molecule has 1 rings (SSSR count). The molecule has 1 N–H and O–H groups in total. The third-order valence-corrected chi connectivity index (χ3v) is 3.92. The molecule has 1 heterocycles. The van der Waals surface area contributed by atoms with Gasteiger partial charge >= 0.3 is 29.6 Å². The van der Waals surface area contributed by atoms with Crippen LogP contribution in [0.25, 0.3) is 0 Å². The van der Waals surface area contributed by atoms with Gasteiger partial charge in [-0.2, -0.15) is 0 Å². The molecule has 0 aliphatic carbocycles. The van der Waals surface area contributed by atoms with Crippen LogP contribution < -0.4 is 29.6 Å². The Hall–Kier alpha value is 0.430. The molecule has 0 aromatic rings. The van der Waals surface area contributed by atoms with Crippen molar-refractivity contribution >= 4 is 6.34 Å². The standard InChI is InChI=1S/C16H32N2O.Na/c1-2-3-4-5-6-7-8-9-10-11-12-16(19)18-14-13-17-15-18;/h15-16,19H,2-14H2,1H3;/q;+1. The van der Waals surface area contributed by atoms with E-state index in [4.69, 9.17) is 0 Å². The molecule has 1 atom stereocenters. The molecule has 3 nitrogen and oxygen atoms in total. The van der Waals surface area contributed by atoms with Gasteiger partial charge in [0.25, 0.3) is 0 Å². The predicted octanol–water partition coefficient (Wildman–Crippen LogP) is 0.964. The molecular formula is C16H32N2NaO+. The van der Waals surface area contributed by atoms with Gasteiger partial charge in [-0.15, -0.1) is 0 Å². The minimum absolute atomic E-state index is 0. The molecule has 112 valence electrons. The second-order valence-corrected chi connectivity index (χ2v) is 5.71. The van der Waals surface area contributed by atoms with E-state index in [1.165, 1.54) is 57.8 Å². The van der Waals surface area contributed by atoms with E-state index in [1.54, 1.807) is 6.34 Å². The van der Waals surface area contributed by atoms with Gasteiger partial charge in [-0.3, -0.25) is 4.99 Å². The third-order valence-electron chi connectivity index (χ3n) is 3.92. The molecule has 0 bridgehead atoms. The van der Waals surface area contributed by atoms with Crippen molar-refractivity contribution in [3.63, 3.8) is 0 Å². The Balaban J connectivity index is 0.00000361. The van der Waals surface area contributed by atoms with Crippen LogP contribution in [-0.2, 0) is 0 Å². The molecule has 0 fully saturated rings. The Morgan fingerprint density at radius 2 is 1.55 bits per heavy atom. The van der Waals surface area contributed by atoms with Crippen LogP contribution in [0.15, 0.2) is 4.99 Å². The summed E-state index contributed by atoms with van der Waals surface area (Å²) in [5.41, 5.74) is 0. The van der Waals surface area contributed by atoms with Gasteiger partial charge in [-0.25, -0.2) is 0 Å². The van der Waals surface area contributed by atoms with Crippen LogP contribution in [0.3, 0.4) is 0 Å². The van der Waals surface area contributed by atoms with E-state index in [0.29, 0.717) is 0 Å². The van der Waals surface area contributed by atoms with E-state index in [2.05, 4.69) is 11.9 Å². The molecule has 0 aromatic carbocycles. The second-order valence-electron chi connectivity index (χ2n) is 5.71. The average molecular weight is 291 g/mol. The number of hydrogen-bond acceptors (Lipinski definition) is 3. The Kier molecular flexibility index (Phi) is 14.7. The smallest absolute Gasteiger partial charge is 0.374 e. The molecule has 0 radical (unpaired) electrons. The molecule has 4 heteroatoms. The number of aliphatic hydroxyl groups excluding tert-OH is 1. The Bertz CT molecular complexity index is 237. The first-order chi connectivity index (χ1) is 9.34. The molecule has 0 amide bonds. The van der Waals surface area contributed by atoms with Crippen molar-refractivity contribution in [1.82, 2.24) is 4.90 Å². The fraction of sp³-hybridized carbons (Fsp3) is 0.938. The van der Waals surface area contributed by atoms with Crippen molar-refractivity contribution in [3.8, 4) is 0 Å². The molecule has 0 spiro atoms. The molecule has 0 saturated carbocycles. The molecular weight excluding hydrogens is 259 g/mol. The number of aliphatic hydroxyl groups is 1. The normalized spacial score (nSPS) is 15.4. The summed E-state index contributed by atoms with van der Waals surface area (Å²) in [6, 6.07) is 0. The van der Waals surface area contributed by atoms with Crippen LogP contribution in [0.2, 0.25) is 0 Å². The first-order valence-electron chi connectivity index (χ1n) is 8.28. The zero-order chi connectivity index (χ0) is 13.8. The zero-order valence-electron chi connectivity index (χ0n) is 13.7. The average Bonchev–Trinajstić information content (AvgIpc) is 2.95. The van der Waals surface area contributed by atoms with Crippen molar-refractivity contribution < 1.29 is 34.7 Å². The van der Waals surface area contributed by atoms with Crippen molar-refractivity contribution in [2.75, 3.05) is 13.1 Å². The Morgan fingerprint density at radius 3 is 2.05 bits per heavy atom. The maximum Gasteiger partial charge on any atom is 1.00 e. The van der Waals surface area contributed by atoms with Gasteiger partial charge in [0.05, 0.1) is 12.9 Å². The number of nitrogens with zero attached hydrogens (tertiary/aromatic N) is 2. The molecule has 0 aromatic heterocycles. The minimum atomic E-state index is -0.305. The summed E-state index contributed by atoms with van der Waals surface area (Å²) < 4.78 is 0. The first kappa shape index (κ1) is 20.4. The summed E-state index contributed by atoms with van der Waals surface area (Å²) in [7, 11) is 0. The van der Waals surface area contributed by atoms with E-state index in [1.807, 2.05) is 4.90 Å². The van der Waals surface area contributed by atoms with E-state index in [-0.39, 0.29) is 35.8 Å². The second kappa shape index (κ2) is 14.4. The summed E-state index contributed by atoms with van der Waals surface area (Å²) in [5.74, 6) is 0. The summed E-state index contributed by atoms with van der Waals surface area (Å²) in [5, 5.41) is 9.91. The van der Waals surface area contributed by atoms with E-state index >= 15 is 0 Å². The largest absolute Gasteiger partial charge is 1.00 e. The predicted molar refractivity (Wildman–Crippen MR) is 82.5 cm³/mol. The summed E-state index contributed by atoms with van der Waals surface area (Å²) in [4.78, 5) is 6.08. The molecule has 20 heavy (non-hydrogen) atoms. The van der Waals surface area contributed by atoms with Crippen molar-refractivity contribution in [2.24, 2.45) is 4.99 Å². The van der Waals surface area contributed by atoms with Crippen molar-refractivity contribution in [2.45, 2.75) is 83.8 Å². The summed E-state index contributed by atoms with van der Waals surface area (Å²) >= 11 is 0. The van der Waals surface area contributed by atoms with Crippen LogP contribution in [0.4, 0.5) is 0 Å². The van der Waals surface area contributed by atoms with Gasteiger partial charge in [0.1, 0.15) is 6.23 Å². The molecule has 1 aliphatic heterocycles. The third kappa shape index (κ3) is 10.2. The number of rotatable bonds is 12. The SMILES string of the molecule is CCCCCCCCCCCCC(O)N1C=NCC1.[Na+]. The van der Waals surface area contributed by atoms with Crippen LogP contribution in [-0.4, -0.2) is 35.7 Å². The summed E-state index contributed by atoms with van der Waals surface area (Å²) in [6.07, 6.45) is 15.9. The van der Waals surface area contributed by atoms with Gasteiger partial charge in [0.15, 0.2) is 0 Å². The maximum absolute atomic E-state index is 9.91. The first-order valence-corrected chi connectivity index (χ1v) is 8.28. The quantitative estimate of drug-likeness (QED) is 0.429. The van der Waals surface area contributed by atoms with E-state index in [9.17, 15) is 5.11 Å². The molecule has 1 aliphatic rings. The number of aliphatic imine (C=N–C) groups is 1. The van der Waals surface area contributed by atoms with E-state index in [0.717, 1.165) is 25.9 Å².